The zero-order chi connectivity index (χ0) is 39.9. The Labute approximate surface area is 324 Å². The summed E-state index contributed by atoms with van der Waals surface area (Å²) in [6.07, 6.45) is 8.96. The Hall–Kier alpha value is -4.55. The lowest BCUT2D eigenvalue weighted by Gasteiger charge is -2.56. The Morgan fingerprint density at radius 2 is 1.78 bits per heavy atom. The van der Waals surface area contributed by atoms with Crippen molar-refractivity contribution in [3.05, 3.63) is 70.1 Å². The van der Waals surface area contributed by atoms with Crippen molar-refractivity contribution in [2.24, 2.45) is 11.3 Å². The summed E-state index contributed by atoms with van der Waals surface area (Å²) in [5.74, 6) is 1.89. The first-order chi connectivity index (χ1) is 25.9. The van der Waals surface area contributed by atoms with E-state index in [0.717, 1.165) is 35.1 Å². The molecule has 0 bridgehead atoms. The number of carbonyl (C=O) groups excluding carboxylic acids is 1. The molecule has 55 heavy (non-hydrogen) atoms. The minimum Gasteiger partial charge on any atom is -0.507 e. The monoisotopic (exact) mass is 758 g/mol. The van der Waals surface area contributed by atoms with Gasteiger partial charge >= 0.3 is 6.09 Å². The number of allylic oxidation sites excluding steroid dienone is 2. The minimum absolute atomic E-state index is 0.0314. The summed E-state index contributed by atoms with van der Waals surface area (Å²) in [7, 11) is 1.61. The molecule has 0 radical (unpaired) electrons. The van der Waals surface area contributed by atoms with Gasteiger partial charge < -0.3 is 39.2 Å². The molecule has 3 heterocycles. The Kier molecular flexibility index (Phi) is 11.3. The molecular formula is C43H58N4O8. The SMILES string of the molecule is COc1cc(/C=C/c2cc(O)c(CC=C(C)C)c(OCc3cn(C[C@H]4CCCN4C(=O)OC(C)(C)C)nn3)c2)cc2c1O[C@]1(C)C[C@@H](O)[C@@H](O)C(C)(C)[C@H]1C2. The van der Waals surface area contributed by atoms with Crippen LogP contribution in [0.5, 0.6) is 23.0 Å². The van der Waals surface area contributed by atoms with Crippen molar-refractivity contribution in [1.29, 1.82) is 0 Å². The number of aromatic nitrogens is 3. The lowest BCUT2D eigenvalue weighted by Crippen LogP contribution is -2.63. The van der Waals surface area contributed by atoms with E-state index in [2.05, 4.69) is 16.4 Å². The Morgan fingerprint density at radius 1 is 1.07 bits per heavy atom. The van der Waals surface area contributed by atoms with Gasteiger partial charge in [-0.05, 0) is 108 Å². The zero-order valence-corrected chi connectivity index (χ0v) is 33.8. The number of aliphatic hydroxyl groups is 2. The zero-order valence-electron chi connectivity index (χ0n) is 33.8. The van der Waals surface area contributed by atoms with Crippen molar-refractivity contribution in [3.63, 3.8) is 0 Å². The van der Waals surface area contributed by atoms with Crippen LogP contribution < -0.4 is 14.2 Å². The van der Waals surface area contributed by atoms with Gasteiger partial charge in [0.1, 0.15) is 35.0 Å². The molecule has 1 aliphatic carbocycles. The molecule has 12 heteroatoms. The quantitative estimate of drug-likeness (QED) is 0.144. The predicted octanol–water partition coefficient (Wildman–Crippen LogP) is 7.11. The third-order valence-corrected chi connectivity index (χ3v) is 11.3. The number of phenols is 1. The molecule has 6 rings (SSSR count). The number of nitrogens with zero attached hydrogens (tertiary/aromatic N) is 4. The number of ether oxygens (including phenoxy) is 4. The molecule has 298 valence electrons. The molecule has 0 spiro atoms. The molecule has 2 fully saturated rings. The molecule has 3 aromatic rings. The van der Waals surface area contributed by atoms with Gasteiger partial charge in [0.25, 0.3) is 0 Å². The van der Waals surface area contributed by atoms with Crippen LogP contribution in [0.3, 0.4) is 0 Å². The molecule has 5 atom stereocenters. The number of hydrogen-bond acceptors (Lipinski definition) is 10. The van der Waals surface area contributed by atoms with Crippen LogP contribution in [0.25, 0.3) is 12.2 Å². The van der Waals surface area contributed by atoms with E-state index in [-0.39, 0.29) is 30.4 Å². The largest absolute Gasteiger partial charge is 0.507 e. The van der Waals surface area contributed by atoms with E-state index >= 15 is 0 Å². The summed E-state index contributed by atoms with van der Waals surface area (Å²) in [5.41, 5.74) is 3.22. The summed E-state index contributed by atoms with van der Waals surface area (Å²) in [6.45, 7) is 16.9. The third-order valence-electron chi connectivity index (χ3n) is 11.3. The van der Waals surface area contributed by atoms with E-state index in [1.807, 2.05) is 91.9 Å². The number of aliphatic hydroxyl groups excluding tert-OH is 2. The van der Waals surface area contributed by atoms with Crippen LogP contribution in [0, 0.1) is 11.3 Å². The summed E-state index contributed by atoms with van der Waals surface area (Å²) in [6, 6.07) is 7.59. The van der Waals surface area contributed by atoms with Gasteiger partial charge in [0, 0.05) is 29.9 Å². The highest BCUT2D eigenvalue weighted by Gasteiger charge is 2.58. The maximum atomic E-state index is 12.8. The highest BCUT2D eigenvalue weighted by atomic mass is 16.6. The smallest absolute Gasteiger partial charge is 0.410 e. The number of fused-ring (bicyclic) bond motifs is 2. The number of benzene rings is 2. The van der Waals surface area contributed by atoms with E-state index in [0.29, 0.717) is 60.9 Å². The van der Waals surface area contributed by atoms with Crippen LogP contribution >= 0.6 is 0 Å². The Bertz CT molecular complexity index is 1940. The van der Waals surface area contributed by atoms with Crippen molar-refractivity contribution in [2.45, 2.75) is 130 Å². The van der Waals surface area contributed by atoms with Crippen molar-refractivity contribution in [3.8, 4) is 23.0 Å². The normalized spacial score (nSPS) is 24.5. The van der Waals surface area contributed by atoms with Crippen LogP contribution in [0.2, 0.25) is 0 Å². The Balaban J connectivity index is 1.20. The van der Waals surface area contributed by atoms with Crippen LogP contribution in [-0.2, 0) is 30.7 Å². The fraction of sp³-hybridized carbons (Fsp3) is 0.558. The number of carbonyl (C=O) groups is 1. The number of hydrogen-bond donors (Lipinski definition) is 3. The van der Waals surface area contributed by atoms with Gasteiger partial charge in [0.15, 0.2) is 11.5 Å². The van der Waals surface area contributed by atoms with Gasteiger partial charge in [-0.1, -0.05) is 42.9 Å². The first kappa shape index (κ1) is 40.1. The van der Waals surface area contributed by atoms with Crippen molar-refractivity contribution in [2.75, 3.05) is 13.7 Å². The lowest BCUT2D eigenvalue weighted by molar-refractivity contribution is -0.187. The van der Waals surface area contributed by atoms with E-state index < -0.39 is 28.8 Å². The number of phenolic OH excluding ortho intramolecular Hbond substituents is 1. The second-order valence-electron chi connectivity index (χ2n) is 17.4. The molecule has 1 aromatic heterocycles. The minimum atomic E-state index is -0.876. The Morgan fingerprint density at radius 3 is 2.47 bits per heavy atom. The summed E-state index contributed by atoms with van der Waals surface area (Å²) >= 11 is 0. The second kappa shape index (κ2) is 15.5. The maximum absolute atomic E-state index is 12.8. The summed E-state index contributed by atoms with van der Waals surface area (Å²) < 4.78 is 26.1. The van der Waals surface area contributed by atoms with E-state index in [1.165, 1.54) is 0 Å². The number of rotatable bonds is 10. The maximum Gasteiger partial charge on any atom is 0.410 e. The fourth-order valence-electron chi connectivity index (χ4n) is 8.43. The first-order valence-corrected chi connectivity index (χ1v) is 19.3. The summed E-state index contributed by atoms with van der Waals surface area (Å²) in [4.78, 5) is 14.6. The van der Waals surface area contributed by atoms with Crippen LogP contribution in [-0.4, -0.2) is 84.4 Å². The van der Waals surface area contributed by atoms with Gasteiger partial charge in [0.05, 0.1) is 38.1 Å². The predicted molar refractivity (Wildman–Crippen MR) is 210 cm³/mol. The van der Waals surface area contributed by atoms with Crippen molar-refractivity contribution >= 4 is 18.2 Å². The molecule has 1 saturated carbocycles. The van der Waals surface area contributed by atoms with Crippen LogP contribution in [0.1, 0.15) is 103 Å². The number of likely N-dealkylation sites (tertiary alicyclic amines) is 1. The number of aromatic hydroxyl groups is 1. The standard InChI is InChI=1S/C43H58N4O8/c1-26(2)12-15-32-33(48)18-28(19-35(32)53-25-30-23-46(45-44-30)24-31-11-10-16-47(31)40(51)55-41(3,4)5)14-13-27-17-29-21-37-42(6,7)39(50)34(49)22-43(37,8)54-38(29)36(20-27)52-9/h12-14,17-20,23,31,34,37,39,48-50H,10-11,15-16,21-22,24-25H2,1-9H3/b14-13+/t31-,34-,37-,39-,43-/m1/s1. The third kappa shape index (κ3) is 8.80. The summed E-state index contributed by atoms with van der Waals surface area (Å²) in [5, 5.41) is 41.5. The average Bonchev–Trinajstić information content (AvgIpc) is 3.76. The van der Waals surface area contributed by atoms with Crippen LogP contribution in [0.4, 0.5) is 4.79 Å². The van der Waals surface area contributed by atoms with E-state index in [4.69, 9.17) is 18.9 Å². The number of amides is 1. The van der Waals surface area contributed by atoms with E-state index in [9.17, 15) is 20.1 Å². The topological polar surface area (TPSA) is 149 Å². The molecule has 1 amide bonds. The highest BCUT2D eigenvalue weighted by molar-refractivity contribution is 5.74. The molecule has 3 aliphatic rings. The molecule has 2 aliphatic heterocycles. The van der Waals surface area contributed by atoms with Gasteiger partial charge in [-0.2, -0.15) is 0 Å². The molecule has 1 saturated heterocycles. The molecule has 0 unspecified atom stereocenters. The second-order valence-corrected chi connectivity index (χ2v) is 17.4. The van der Waals surface area contributed by atoms with Gasteiger partial charge in [-0.25, -0.2) is 4.79 Å². The van der Waals surface area contributed by atoms with Crippen molar-refractivity contribution < 1.29 is 39.1 Å². The molecule has 3 N–H and O–H groups in total. The van der Waals surface area contributed by atoms with Crippen molar-refractivity contribution in [1.82, 2.24) is 19.9 Å². The van der Waals surface area contributed by atoms with E-state index in [1.54, 1.807) is 22.8 Å². The molecular weight excluding hydrogens is 700 g/mol. The first-order valence-electron chi connectivity index (χ1n) is 19.3. The molecule has 2 aromatic carbocycles. The lowest BCUT2D eigenvalue weighted by atomic mass is 9.57. The van der Waals surface area contributed by atoms with Crippen LogP contribution in [0.15, 0.2) is 42.1 Å². The number of methoxy groups -OCH3 is 1. The molecule has 12 nitrogen and oxygen atoms in total. The van der Waals surface area contributed by atoms with Gasteiger partial charge in [-0.15, -0.1) is 5.10 Å². The fourth-order valence-corrected chi connectivity index (χ4v) is 8.43. The van der Waals surface area contributed by atoms with Gasteiger partial charge in [0.2, 0.25) is 0 Å². The average molecular weight is 759 g/mol. The van der Waals surface area contributed by atoms with Gasteiger partial charge in [-0.3, -0.25) is 4.68 Å². The highest BCUT2D eigenvalue weighted by Crippen LogP contribution is 2.55.